The van der Waals surface area contributed by atoms with Gasteiger partial charge in [0.1, 0.15) is 0 Å². The number of anilines is 1. The van der Waals surface area contributed by atoms with E-state index in [1.807, 2.05) is 29.2 Å². The smallest absolute Gasteiger partial charge is 0.227 e. The van der Waals surface area contributed by atoms with Crippen LogP contribution < -0.4 is 15.5 Å². The lowest BCUT2D eigenvalue weighted by atomic mass is 10.2. The average Bonchev–Trinajstić information content (AvgIpc) is 3.26. The van der Waals surface area contributed by atoms with Gasteiger partial charge in [-0.25, -0.2) is 4.99 Å². The molecule has 3 rings (SSSR count). The van der Waals surface area contributed by atoms with Crippen molar-refractivity contribution in [1.82, 2.24) is 10.6 Å². The number of hydrogen-bond donors (Lipinski definition) is 2. The lowest BCUT2D eigenvalue weighted by molar-refractivity contribution is -0.117. The van der Waals surface area contributed by atoms with Gasteiger partial charge in [-0.05, 0) is 59.1 Å². The second-order valence-electron chi connectivity index (χ2n) is 6.07. The van der Waals surface area contributed by atoms with Crippen LogP contribution in [0.1, 0.15) is 30.2 Å². The fourth-order valence-corrected chi connectivity index (χ4v) is 4.26. The van der Waals surface area contributed by atoms with Crippen LogP contribution in [0.5, 0.6) is 0 Å². The van der Waals surface area contributed by atoms with Gasteiger partial charge in [-0.1, -0.05) is 12.1 Å². The van der Waals surface area contributed by atoms with Crippen LogP contribution in [0, 0.1) is 0 Å². The monoisotopic (exact) mass is 562 g/mol. The molecule has 1 saturated heterocycles. The predicted molar refractivity (Wildman–Crippen MR) is 127 cm³/mol. The Bertz CT molecular complexity index is 778. The van der Waals surface area contributed by atoms with Crippen LogP contribution in [-0.4, -0.2) is 25.0 Å². The molecule has 1 aliphatic rings. The predicted octanol–water partition coefficient (Wildman–Crippen LogP) is 4.51. The minimum atomic E-state index is 0. The number of halogens is 2. The Balaban J connectivity index is 0.00000261. The third-order valence-corrected chi connectivity index (χ3v) is 5.77. The highest BCUT2D eigenvalue weighted by Gasteiger charge is 2.21. The zero-order valence-corrected chi connectivity index (χ0v) is 19.9. The van der Waals surface area contributed by atoms with Gasteiger partial charge in [-0.15, -0.1) is 35.3 Å². The lowest BCUT2D eigenvalue weighted by Gasteiger charge is -2.15. The zero-order chi connectivity index (χ0) is 18.4. The number of nitrogens with one attached hydrogen (secondary N) is 2. The van der Waals surface area contributed by atoms with Gasteiger partial charge in [-0.2, -0.15) is 0 Å². The van der Waals surface area contributed by atoms with Crippen LogP contribution in [0.25, 0.3) is 0 Å². The molecule has 8 heteroatoms. The van der Waals surface area contributed by atoms with Crippen molar-refractivity contribution in [2.45, 2.75) is 32.9 Å². The molecule has 2 aromatic rings. The molecule has 1 aromatic carbocycles. The zero-order valence-electron chi connectivity index (χ0n) is 15.2. The Morgan fingerprint density at radius 1 is 1.22 bits per heavy atom. The van der Waals surface area contributed by atoms with Gasteiger partial charge >= 0.3 is 0 Å². The molecule has 0 spiro atoms. The van der Waals surface area contributed by atoms with Crippen LogP contribution in [0.15, 0.2) is 45.2 Å². The van der Waals surface area contributed by atoms with E-state index in [-0.39, 0.29) is 29.9 Å². The first-order chi connectivity index (χ1) is 12.7. The minimum Gasteiger partial charge on any atom is -0.357 e. The quantitative estimate of drug-likeness (QED) is 0.309. The molecule has 146 valence electrons. The van der Waals surface area contributed by atoms with Crippen LogP contribution in [-0.2, 0) is 17.9 Å². The van der Waals surface area contributed by atoms with Gasteiger partial charge < -0.3 is 15.5 Å². The number of benzene rings is 1. The molecule has 0 unspecified atom stereocenters. The van der Waals surface area contributed by atoms with E-state index in [1.54, 1.807) is 11.3 Å². The number of nitrogens with zero attached hydrogens (tertiary/aromatic N) is 2. The van der Waals surface area contributed by atoms with E-state index >= 15 is 0 Å². The van der Waals surface area contributed by atoms with E-state index in [0.29, 0.717) is 13.0 Å². The number of hydrogen-bond acceptors (Lipinski definition) is 3. The summed E-state index contributed by atoms with van der Waals surface area (Å²) in [4.78, 5) is 19.6. The largest absolute Gasteiger partial charge is 0.357 e. The highest BCUT2D eigenvalue weighted by atomic mass is 127. The summed E-state index contributed by atoms with van der Waals surface area (Å²) in [6, 6.07) is 12.3. The summed E-state index contributed by atoms with van der Waals surface area (Å²) in [6.07, 6.45) is 1.61. The third kappa shape index (κ3) is 6.46. The molecular weight excluding hydrogens is 539 g/mol. The van der Waals surface area contributed by atoms with Gasteiger partial charge in [0.15, 0.2) is 5.96 Å². The van der Waals surface area contributed by atoms with Crippen LogP contribution in [0.4, 0.5) is 5.69 Å². The summed E-state index contributed by atoms with van der Waals surface area (Å²) in [5.41, 5.74) is 2.10. The standard InChI is InChI=1S/C19H23BrN4OS.HI/c1-2-21-19(23-13-16-9-10-17(20)26-16)22-12-14-5-7-15(8-6-14)24-11-3-4-18(24)25;/h5-10H,2-4,11-13H2,1H3,(H2,21,22,23);1H. The molecule has 0 aliphatic carbocycles. The third-order valence-electron chi connectivity index (χ3n) is 4.14. The van der Waals surface area contributed by atoms with Gasteiger partial charge in [-0.3, -0.25) is 4.79 Å². The maximum absolute atomic E-state index is 11.8. The molecule has 2 heterocycles. The van der Waals surface area contributed by atoms with Crippen molar-refractivity contribution in [3.8, 4) is 0 Å². The van der Waals surface area contributed by atoms with Gasteiger partial charge in [0.25, 0.3) is 0 Å². The fourth-order valence-electron chi connectivity index (χ4n) is 2.83. The Morgan fingerprint density at radius 2 is 2.00 bits per heavy atom. The number of guanidine groups is 1. The van der Waals surface area contributed by atoms with Crippen LogP contribution in [0.3, 0.4) is 0 Å². The van der Waals surface area contributed by atoms with E-state index in [4.69, 9.17) is 0 Å². The molecule has 1 fully saturated rings. The maximum atomic E-state index is 11.8. The van der Waals surface area contributed by atoms with Crippen molar-refractivity contribution < 1.29 is 4.79 Å². The molecule has 1 aromatic heterocycles. The molecule has 1 amide bonds. The summed E-state index contributed by atoms with van der Waals surface area (Å²) in [7, 11) is 0. The summed E-state index contributed by atoms with van der Waals surface area (Å²) in [5, 5.41) is 6.63. The molecule has 0 bridgehead atoms. The molecule has 2 N–H and O–H groups in total. The van der Waals surface area contributed by atoms with E-state index in [9.17, 15) is 4.79 Å². The number of rotatable bonds is 6. The summed E-state index contributed by atoms with van der Waals surface area (Å²) in [5.74, 6) is 1.02. The summed E-state index contributed by atoms with van der Waals surface area (Å²) >= 11 is 5.20. The van der Waals surface area contributed by atoms with Crippen molar-refractivity contribution in [2.75, 3.05) is 18.0 Å². The highest BCUT2D eigenvalue weighted by molar-refractivity contribution is 14.0. The Kier molecular flexibility index (Phi) is 9.04. The number of aliphatic imine (C=N–C) groups is 1. The van der Waals surface area contributed by atoms with Crippen LogP contribution >= 0.6 is 51.2 Å². The molecule has 0 atom stereocenters. The first kappa shape index (κ1) is 22.2. The van der Waals surface area contributed by atoms with E-state index in [0.717, 1.165) is 47.1 Å². The Labute approximate surface area is 189 Å². The van der Waals surface area contributed by atoms with Crippen molar-refractivity contribution in [2.24, 2.45) is 4.99 Å². The minimum absolute atomic E-state index is 0. The number of carbonyl (C=O) groups is 1. The van der Waals surface area contributed by atoms with Gasteiger partial charge in [0, 0.05) is 30.1 Å². The maximum Gasteiger partial charge on any atom is 0.227 e. The van der Waals surface area contributed by atoms with Crippen molar-refractivity contribution in [3.05, 3.63) is 50.6 Å². The fraction of sp³-hybridized carbons (Fsp3) is 0.368. The normalized spacial score (nSPS) is 14.2. The number of amides is 1. The van der Waals surface area contributed by atoms with Gasteiger partial charge in [0.05, 0.1) is 16.9 Å². The molecular formula is C19H24BrIN4OS. The molecule has 0 radical (unpaired) electrons. The molecule has 0 saturated carbocycles. The number of carbonyl (C=O) groups excluding carboxylic acids is 1. The van der Waals surface area contributed by atoms with Crippen molar-refractivity contribution >= 4 is 68.8 Å². The highest BCUT2D eigenvalue weighted by Crippen LogP contribution is 2.22. The summed E-state index contributed by atoms with van der Waals surface area (Å²) in [6.45, 7) is 5.04. The number of thiophene rings is 1. The topological polar surface area (TPSA) is 56.7 Å². The molecule has 5 nitrogen and oxygen atoms in total. The van der Waals surface area contributed by atoms with E-state index in [1.165, 1.54) is 4.88 Å². The average molecular weight is 563 g/mol. The van der Waals surface area contributed by atoms with E-state index < -0.39 is 0 Å². The second kappa shape index (κ2) is 11.0. The second-order valence-corrected chi connectivity index (χ2v) is 8.62. The molecule has 27 heavy (non-hydrogen) atoms. The Morgan fingerprint density at radius 3 is 2.59 bits per heavy atom. The van der Waals surface area contributed by atoms with Crippen molar-refractivity contribution in [3.63, 3.8) is 0 Å². The molecule has 1 aliphatic heterocycles. The lowest BCUT2D eigenvalue weighted by Crippen LogP contribution is -2.36. The Hall–Kier alpha value is -1.13. The first-order valence-electron chi connectivity index (χ1n) is 8.81. The SMILES string of the molecule is CCNC(=NCc1ccc(N2CCCC2=O)cc1)NCc1ccc(Br)s1.I. The first-order valence-corrected chi connectivity index (χ1v) is 10.4. The van der Waals surface area contributed by atoms with E-state index in [2.05, 4.69) is 50.6 Å². The van der Waals surface area contributed by atoms with Crippen LogP contribution in [0.2, 0.25) is 0 Å². The summed E-state index contributed by atoms with van der Waals surface area (Å²) < 4.78 is 1.13. The van der Waals surface area contributed by atoms with Gasteiger partial charge in [0.2, 0.25) is 5.91 Å². The van der Waals surface area contributed by atoms with Crippen molar-refractivity contribution in [1.29, 1.82) is 0 Å².